The first-order valence-corrected chi connectivity index (χ1v) is 13.5. The van der Waals surface area contributed by atoms with Crippen LogP contribution in [0.3, 0.4) is 0 Å². The van der Waals surface area contributed by atoms with Crippen molar-refractivity contribution in [3.05, 3.63) is 0 Å². The molecule has 0 N–H and O–H groups in total. The average Bonchev–Trinajstić information content (AvgIpc) is 2.76. The van der Waals surface area contributed by atoms with E-state index in [1.165, 1.54) is 70.6 Å². The maximum absolute atomic E-state index is 11.7. The molecule has 0 aliphatic heterocycles. The highest BCUT2D eigenvalue weighted by atomic mass is 16.5. The molecule has 0 bridgehead atoms. The summed E-state index contributed by atoms with van der Waals surface area (Å²) in [5, 5.41) is 0. The summed E-state index contributed by atoms with van der Waals surface area (Å²) in [5.74, 6) is -0.0867. The van der Waals surface area contributed by atoms with Crippen LogP contribution in [0.2, 0.25) is 0 Å². The van der Waals surface area contributed by atoms with Gasteiger partial charge in [0, 0.05) is 12.8 Å². The summed E-state index contributed by atoms with van der Waals surface area (Å²) in [7, 11) is 0. The van der Waals surface area contributed by atoms with Crippen molar-refractivity contribution in [1.29, 1.82) is 0 Å². The molecule has 4 nitrogen and oxygen atoms in total. The molecule has 0 saturated carbocycles. The Kier molecular flexibility index (Phi) is 24.3. The van der Waals surface area contributed by atoms with Gasteiger partial charge in [0.15, 0.2) is 0 Å². The average molecular weight is 441 g/mol. The fourth-order valence-electron chi connectivity index (χ4n) is 3.70. The van der Waals surface area contributed by atoms with Crippen molar-refractivity contribution < 1.29 is 19.1 Å². The number of hydrogen-bond acceptors (Lipinski definition) is 4. The number of rotatable bonds is 24. The van der Waals surface area contributed by atoms with Crippen LogP contribution in [-0.4, -0.2) is 25.2 Å². The summed E-state index contributed by atoms with van der Waals surface area (Å²) in [6, 6.07) is 0. The van der Waals surface area contributed by atoms with Crippen molar-refractivity contribution in [3.63, 3.8) is 0 Å². The number of ether oxygens (including phenoxy) is 2. The summed E-state index contributed by atoms with van der Waals surface area (Å²) in [5.41, 5.74) is 0. The minimum atomic E-state index is -0.0442. The molecule has 0 aliphatic rings. The van der Waals surface area contributed by atoms with Gasteiger partial charge in [0.2, 0.25) is 0 Å². The molecule has 0 aromatic carbocycles. The highest BCUT2D eigenvalue weighted by molar-refractivity contribution is 5.69. The maximum Gasteiger partial charge on any atom is 0.305 e. The Balaban J connectivity index is 3.25. The largest absolute Gasteiger partial charge is 0.466 e. The minimum Gasteiger partial charge on any atom is -0.466 e. The second-order valence-electron chi connectivity index (χ2n) is 8.95. The van der Waals surface area contributed by atoms with E-state index in [0.29, 0.717) is 26.1 Å². The number of esters is 2. The summed E-state index contributed by atoms with van der Waals surface area (Å²) < 4.78 is 10.6. The molecule has 0 aromatic heterocycles. The van der Waals surface area contributed by atoms with Gasteiger partial charge < -0.3 is 9.47 Å². The molecule has 0 rings (SSSR count). The molecule has 4 heteroatoms. The van der Waals surface area contributed by atoms with Crippen LogP contribution in [0.15, 0.2) is 0 Å². The zero-order valence-electron chi connectivity index (χ0n) is 20.9. The molecule has 184 valence electrons. The molecule has 0 atom stereocenters. The predicted molar refractivity (Wildman–Crippen MR) is 130 cm³/mol. The summed E-state index contributed by atoms with van der Waals surface area (Å²) in [6.45, 7) is 5.62. The Morgan fingerprint density at radius 3 is 1.06 bits per heavy atom. The van der Waals surface area contributed by atoms with E-state index in [9.17, 15) is 9.59 Å². The lowest BCUT2D eigenvalue weighted by atomic mass is 10.1. The van der Waals surface area contributed by atoms with Crippen LogP contribution < -0.4 is 0 Å². The van der Waals surface area contributed by atoms with Crippen molar-refractivity contribution in [2.24, 2.45) is 0 Å². The van der Waals surface area contributed by atoms with E-state index < -0.39 is 0 Å². The molecule has 0 amide bonds. The Bertz CT molecular complexity index is 395. The van der Waals surface area contributed by atoms with Gasteiger partial charge in [0.05, 0.1) is 13.2 Å². The fourth-order valence-corrected chi connectivity index (χ4v) is 3.70. The van der Waals surface area contributed by atoms with Gasteiger partial charge in [-0.25, -0.2) is 0 Å². The van der Waals surface area contributed by atoms with Crippen molar-refractivity contribution >= 4 is 11.9 Å². The van der Waals surface area contributed by atoms with E-state index in [-0.39, 0.29) is 11.9 Å². The number of hydrogen-bond donors (Lipinski definition) is 0. The van der Waals surface area contributed by atoms with Gasteiger partial charge in [-0.2, -0.15) is 0 Å². The van der Waals surface area contributed by atoms with Gasteiger partial charge in [0.1, 0.15) is 0 Å². The lowest BCUT2D eigenvalue weighted by molar-refractivity contribution is -0.144. The van der Waals surface area contributed by atoms with E-state index >= 15 is 0 Å². The molecular formula is C27H52O4. The van der Waals surface area contributed by atoms with Gasteiger partial charge in [-0.05, 0) is 25.7 Å². The first-order chi connectivity index (χ1) is 15.2. The van der Waals surface area contributed by atoms with Gasteiger partial charge in [-0.3, -0.25) is 9.59 Å². The smallest absolute Gasteiger partial charge is 0.305 e. The van der Waals surface area contributed by atoms with Gasteiger partial charge in [0.25, 0.3) is 0 Å². The maximum atomic E-state index is 11.7. The van der Waals surface area contributed by atoms with Gasteiger partial charge >= 0.3 is 11.9 Å². The van der Waals surface area contributed by atoms with Crippen LogP contribution in [-0.2, 0) is 19.1 Å². The molecule has 31 heavy (non-hydrogen) atoms. The molecule has 0 aliphatic carbocycles. The third-order valence-electron chi connectivity index (χ3n) is 5.78. The molecule has 0 unspecified atom stereocenters. The summed E-state index contributed by atoms with van der Waals surface area (Å²) in [4.78, 5) is 23.4. The molecule has 0 saturated heterocycles. The Morgan fingerprint density at radius 2 is 0.710 bits per heavy atom. The van der Waals surface area contributed by atoms with Crippen LogP contribution in [0.25, 0.3) is 0 Å². The van der Waals surface area contributed by atoms with Crippen LogP contribution in [0, 0.1) is 0 Å². The van der Waals surface area contributed by atoms with Crippen molar-refractivity contribution in [3.8, 4) is 0 Å². The first-order valence-electron chi connectivity index (χ1n) is 13.5. The fraction of sp³-hybridized carbons (Fsp3) is 0.926. The zero-order valence-corrected chi connectivity index (χ0v) is 20.9. The molecule has 0 heterocycles. The van der Waals surface area contributed by atoms with E-state index in [1.54, 1.807) is 0 Å². The topological polar surface area (TPSA) is 52.6 Å². The lowest BCUT2D eigenvalue weighted by Gasteiger charge is -2.06. The highest BCUT2D eigenvalue weighted by Crippen LogP contribution is 2.11. The Hall–Kier alpha value is -1.06. The van der Waals surface area contributed by atoms with Crippen LogP contribution in [0.5, 0.6) is 0 Å². The monoisotopic (exact) mass is 440 g/mol. The van der Waals surface area contributed by atoms with Crippen LogP contribution in [0.4, 0.5) is 0 Å². The first kappa shape index (κ1) is 29.9. The van der Waals surface area contributed by atoms with Gasteiger partial charge in [-0.15, -0.1) is 0 Å². The second-order valence-corrected chi connectivity index (χ2v) is 8.95. The summed E-state index contributed by atoms with van der Waals surface area (Å²) in [6.07, 6.45) is 23.3. The van der Waals surface area contributed by atoms with Crippen molar-refractivity contribution in [2.45, 2.75) is 149 Å². The molecular weight excluding hydrogens is 388 g/mol. The SMILES string of the molecule is CCCCCCCCCOC(=O)CCCCCCCCC(=O)OCCCCCCCC. The number of unbranched alkanes of at least 4 members (excludes halogenated alkanes) is 16. The Labute approximate surface area is 193 Å². The normalized spacial score (nSPS) is 10.9. The van der Waals surface area contributed by atoms with E-state index in [4.69, 9.17) is 9.47 Å². The molecule has 0 fully saturated rings. The van der Waals surface area contributed by atoms with E-state index in [1.807, 2.05) is 0 Å². The lowest BCUT2D eigenvalue weighted by Crippen LogP contribution is -2.06. The minimum absolute atomic E-state index is 0.0425. The third kappa shape index (κ3) is 25.1. The van der Waals surface area contributed by atoms with Crippen molar-refractivity contribution in [2.75, 3.05) is 13.2 Å². The number of carbonyl (C=O) groups excluding carboxylic acids is 2. The van der Waals surface area contributed by atoms with E-state index in [0.717, 1.165) is 51.4 Å². The van der Waals surface area contributed by atoms with Crippen LogP contribution >= 0.6 is 0 Å². The zero-order chi connectivity index (χ0) is 22.8. The number of carbonyl (C=O) groups is 2. The van der Waals surface area contributed by atoms with Crippen LogP contribution in [0.1, 0.15) is 149 Å². The molecule has 0 spiro atoms. The Morgan fingerprint density at radius 1 is 0.419 bits per heavy atom. The molecule has 0 radical (unpaired) electrons. The molecule has 0 aromatic rings. The second kappa shape index (κ2) is 25.2. The van der Waals surface area contributed by atoms with Crippen molar-refractivity contribution in [1.82, 2.24) is 0 Å². The highest BCUT2D eigenvalue weighted by Gasteiger charge is 2.04. The third-order valence-corrected chi connectivity index (χ3v) is 5.78. The van der Waals surface area contributed by atoms with E-state index in [2.05, 4.69) is 13.8 Å². The standard InChI is InChI=1S/C27H52O4/c1-3-5-7-9-13-17-21-25-31-27(29)23-19-15-12-11-14-18-22-26(28)30-24-20-16-10-8-6-4-2/h3-25H2,1-2H3. The summed E-state index contributed by atoms with van der Waals surface area (Å²) >= 11 is 0. The predicted octanol–water partition coefficient (Wildman–Crippen LogP) is 8.30. The quantitative estimate of drug-likeness (QED) is 0.112. The van der Waals surface area contributed by atoms with Gasteiger partial charge in [-0.1, -0.05) is 110 Å².